The number of nitrogens with one attached hydrogen (secondary N) is 1. The van der Waals surface area contributed by atoms with Crippen LogP contribution in [0.4, 0.5) is 0 Å². The molecule has 2 aromatic rings. The number of hydrogen-bond donors (Lipinski definition) is 1. The summed E-state index contributed by atoms with van der Waals surface area (Å²) in [6.07, 6.45) is 5.85. The topological polar surface area (TPSA) is 66.0 Å². The number of methoxy groups -OCH3 is 2. The number of hydrogen-bond acceptors (Lipinski definition) is 5. The normalized spacial score (nSPS) is 15.0. The van der Waals surface area contributed by atoms with Crippen LogP contribution < -0.4 is 19.5 Å². The van der Waals surface area contributed by atoms with Crippen LogP contribution in [0.5, 0.6) is 17.2 Å². The van der Waals surface area contributed by atoms with Crippen molar-refractivity contribution in [1.29, 1.82) is 0 Å². The van der Waals surface area contributed by atoms with Gasteiger partial charge in [0.15, 0.2) is 11.5 Å². The zero-order valence-electron chi connectivity index (χ0n) is 20.2. The summed E-state index contributed by atoms with van der Waals surface area (Å²) in [4.78, 5) is 13.1. The Kier molecular flexibility index (Phi) is 9.43. The van der Waals surface area contributed by atoms with Gasteiger partial charge in [0.25, 0.3) is 5.91 Å². The monoisotopic (exact) mass is 455 g/mol. The van der Waals surface area contributed by atoms with Crippen LogP contribution in [0.3, 0.4) is 0 Å². The molecule has 6 heteroatoms. The number of amides is 1. The second-order valence-electron chi connectivity index (χ2n) is 8.69. The van der Waals surface area contributed by atoms with Crippen molar-refractivity contribution < 1.29 is 23.7 Å². The molecule has 0 unspecified atom stereocenters. The van der Waals surface area contributed by atoms with Crippen LogP contribution in [0, 0.1) is 5.41 Å². The summed E-state index contributed by atoms with van der Waals surface area (Å²) >= 11 is 0. The Morgan fingerprint density at radius 2 is 1.73 bits per heavy atom. The molecule has 1 N–H and O–H groups in total. The average molecular weight is 456 g/mol. The fourth-order valence-corrected chi connectivity index (χ4v) is 4.22. The first-order valence-corrected chi connectivity index (χ1v) is 11.9. The van der Waals surface area contributed by atoms with Crippen LogP contribution in [0.1, 0.15) is 54.9 Å². The predicted molar refractivity (Wildman–Crippen MR) is 130 cm³/mol. The van der Waals surface area contributed by atoms with Crippen LogP contribution in [0.15, 0.2) is 42.5 Å². The van der Waals surface area contributed by atoms with E-state index >= 15 is 0 Å². The van der Waals surface area contributed by atoms with Gasteiger partial charge in [-0.15, -0.1) is 0 Å². The maximum Gasteiger partial charge on any atom is 0.251 e. The van der Waals surface area contributed by atoms with Crippen LogP contribution in [-0.2, 0) is 11.2 Å². The quantitative estimate of drug-likeness (QED) is 0.454. The van der Waals surface area contributed by atoms with Crippen molar-refractivity contribution >= 4 is 5.91 Å². The van der Waals surface area contributed by atoms with E-state index in [4.69, 9.17) is 18.9 Å². The number of benzene rings is 2. The lowest BCUT2D eigenvalue weighted by atomic mass is 9.75. The molecule has 6 nitrogen and oxygen atoms in total. The van der Waals surface area contributed by atoms with Crippen molar-refractivity contribution in [3.8, 4) is 17.2 Å². The van der Waals surface area contributed by atoms with E-state index in [1.807, 2.05) is 6.07 Å². The Morgan fingerprint density at radius 1 is 1.06 bits per heavy atom. The molecule has 2 aromatic carbocycles. The van der Waals surface area contributed by atoms with Crippen LogP contribution in [0.25, 0.3) is 0 Å². The maximum atomic E-state index is 13.1. The van der Waals surface area contributed by atoms with Crippen molar-refractivity contribution in [2.24, 2.45) is 5.41 Å². The molecule has 1 aliphatic heterocycles. The van der Waals surface area contributed by atoms with Gasteiger partial charge in [0.1, 0.15) is 0 Å². The number of unbranched alkanes of at least 4 members (excludes halogenated alkanes) is 1. The van der Waals surface area contributed by atoms with Crippen molar-refractivity contribution in [3.63, 3.8) is 0 Å². The molecule has 1 amide bonds. The third kappa shape index (κ3) is 6.87. The van der Waals surface area contributed by atoms with E-state index in [1.54, 1.807) is 26.4 Å². The molecule has 0 bridgehead atoms. The van der Waals surface area contributed by atoms with Gasteiger partial charge < -0.3 is 24.3 Å². The second-order valence-corrected chi connectivity index (χ2v) is 8.69. The summed E-state index contributed by atoms with van der Waals surface area (Å²) in [6, 6.07) is 14.0. The van der Waals surface area contributed by atoms with Crippen molar-refractivity contribution in [1.82, 2.24) is 5.32 Å². The molecule has 3 rings (SSSR count). The minimum absolute atomic E-state index is 0.0289. The highest BCUT2D eigenvalue weighted by Gasteiger charge is 2.33. The Bertz CT molecular complexity index is 852. The molecule has 1 saturated heterocycles. The first kappa shape index (κ1) is 24.9. The third-order valence-electron chi connectivity index (χ3n) is 6.43. The zero-order valence-corrected chi connectivity index (χ0v) is 20.2. The summed E-state index contributed by atoms with van der Waals surface area (Å²) in [7, 11) is 3.15. The minimum atomic E-state index is -0.141. The molecular weight excluding hydrogens is 418 g/mol. The molecule has 33 heavy (non-hydrogen) atoms. The number of carbonyl (C=O) groups is 1. The molecule has 1 fully saturated rings. The number of aryl methyl sites for hydroxylation is 1. The van der Waals surface area contributed by atoms with E-state index in [0.29, 0.717) is 36.0 Å². The fraction of sp³-hybridized carbons (Fsp3) is 0.519. The zero-order chi connectivity index (χ0) is 23.5. The lowest BCUT2D eigenvalue weighted by Gasteiger charge is -2.37. The minimum Gasteiger partial charge on any atom is -0.493 e. The molecule has 180 valence electrons. The largest absolute Gasteiger partial charge is 0.493 e. The molecule has 1 aliphatic rings. The Hall–Kier alpha value is -2.73. The van der Waals surface area contributed by atoms with Gasteiger partial charge in [-0.25, -0.2) is 0 Å². The third-order valence-corrected chi connectivity index (χ3v) is 6.43. The van der Waals surface area contributed by atoms with Crippen LogP contribution in [0.2, 0.25) is 0 Å². The standard InChI is InChI=1S/C27H37NO5/c1-4-5-15-33-25-23(30-2)18-22(19-24(25)31-3)26(29)28-20-27(13-16-32-17-14-27)12-11-21-9-7-6-8-10-21/h6-10,18-19H,4-5,11-17,20H2,1-3H3,(H,28,29). The molecule has 0 aromatic heterocycles. The van der Waals surface area contributed by atoms with Crippen molar-refractivity contribution in [2.75, 3.05) is 40.6 Å². The predicted octanol–water partition coefficient (Wildman–Crippen LogP) is 5.04. The molecule has 0 atom stereocenters. The van der Waals surface area contributed by atoms with Crippen molar-refractivity contribution in [3.05, 3.63) is 53.6 Å². The van der Waals surface area contributed by atoms with Gasteiger partial charge in [0.05, 0.1) is 20.8 Å². The Balaban J connectivity index is 1.70. The lowest BCUT2D eigenvalue weighted by molar-refractivity contribution is 0.0106. The van der Waals surface area contributed by atoms with Gasteiger partial charge in [-0.05, 0) is 55.2 Å². The van der Waals surface area contributed by atoms with Gasteiger partial charge in [0.2, 0.25) is 5.75 Å². The first-order valence-electron chi connectivity index (χ1n) is 11.9. The van der Waals surface area contributed by atoms with E-state index in [2.05, 4.69) is 36.5 Å². The summed E-state index contributed by atoms with van der Waals surface area (Å²) in [6.45, 7) is 4.75. The van der Waals surface area contributed by atoms with E-state index in [-0.39, 0.29) is 11.3 Å². The molecule has 0 spiro atoms. The number of ether oxygens (including phenoxy) is 4. The van der Waals surface area contributed by atoms with Crippen LogP contribution >= 0.6 is 0 Å². The lowest BCUT2D eigenvalue weighted by Crippen LogP contribution is -2.41. The number of rotatable bonds is 12. The van der Waals surface area contributed by atoms with E-state index in [1.165, 1.54) is 5.56 Å². The molecule has 0 aliphatic carbocycles. The van der Waals surface area contributed by atoms with E-state index < -0.39 is 0 Å². The van der Waals surface area contributed by atoms with Gasteiger partial charge >= 0.3 is 0 Å². The summed E-state index contributed by atoms with van der Waals surface area (Å²) in [5, 5.41) is 3.17. The Labute approximate surface area is 197 Å². The van der Waals surface area contributed by atoms with Gasteiger partial charge in [-0.2, -0.15) is 0 Å². The second kappa shape index (κ2) is 12.5. The Morgan fingerprint density at radius 3 is 2.33 bits per heavy atom. The number of carbonyl (C=O) groups excluding carboxylic acids is 1. The van der Waals surface area contributed by atoms with Crippen molar-refractivity contribution in [2.45, 2.75) is 45.4 Å². The fourth-order valence-electron chi connectivity index (χ4n) is 4.22. The van der Waals surface area contributed by atoms with E-state index in [0.717, 1.165) is 51.7 Å². The summed E-state index contributed by atoms with van der Waals surface area (Å²) in [5.41, 5.74) is 1.85. The summed E-state index contributed by atoms with van der Waals surface area (Å²) < 4.78 is 22.5. The molecule has 0 radical (unpaired) electrons. The maximum absolute atomic E-state index is 13.1. The highest BCUT2D eigenvalue weighted by atomic mass is 16.5. The first-order chi connectivity index (χ1) is 16.1. The van der Waals surface area contributed by atoms with Gasteiger partial charge in [-0.3, -0.25) is 4.79 Å². The molecular formula is C27H37NO5. The smallest absolute Gasteiger partial charge is 0.251 e. The molecule has 1 heterocycles. The van der Waals surface area contributed by atoms with Crippen LogP contribution in [-0.4, -0.2) is 46.5 Å². The van der Waals surface area contributed by atoms with Gasteiger partial charge in [-0.1, -0.05) is 43.7 Å². The summed E-state index contributed by atoms with van der Waals surface area (Å²) in [5.74, 6) is 1.40. The molecule has 0 saturated carbocycles. The van der Waals surface area contributed by atoms with E-state index in [9.17, 15) is 4.79 Å². The average Bonchev–Trinajstić information content (AvgIpc) is 2.87. The highest BCUT2D eigenvalue weighted by molar-refractivity contribution is 5.95. The van der Waals surface area contributed by atoms with Gasteiger partial charge in [0, 0.05) is 25.3 Å². The highest BCUT2D eigenvalue weighted by Crippen LogP contribution is 2.39. The SMILES string of the molecule is CCCCOc1c(OC)cc(C(=O)NCC2(CCc3ccccc3)CCOCC2)cc1OC.